The molecule has 0 saturated carbocycles. The summed E-state index contributed by atoms with van der Waals surface area (Å²) in [6.45, 7) is 15.6. The van der Waals surface area contributed by atoms with Gasteiger partial charge in [-0.1, -0.05) is 188 Å². The number of aryl methyl sites for hydroxylation is 1. The Labute approximate surface area is 459 Å². The number of para-hydroxylation sites is 5. The van der Waals surface area contributed by atoms with Gasteiger partial charge in [0, 0.05) is 41.0 Å². The van der Waals surface area contributed by atoms with Gasteiger partial charge in [-0.2, -0.15) is 0 Å². The van der Waals surface area contributed by atoms with E-state index >= 15 is 0 Å². The number of nitrogens with zero attached hydrogens (tertiary/aromatic N) is 4. The molecule has 0 unspecified atom stereocenters. The van der Waals surface area contributed by atoms with Crippen LogP contribution >= 0.6 is 0 Å². The van der Waals surface area contributed by atoms with Gasteiger partial charge in [-0.25, -0.2) is 0 Å². The zero-order chi connectivity index (χ0) is 53.7. The molecule has 3 heterocycles. The van der Waals surface area contributed by atoms with E-state index in [1.54, 1.807) is 6.07 Å². The van der Waals surface area contributed by atoms with Crippen LogP contribution in [-0.2, 0) is 20.1 Å². The number of rotatable bonds is 10. The first-order valence-electron chi connectivity index (χ1n) is 27.4. The summed E-state index contributed by atoms with van der Waals surface area (Å²) in [5, 5.41) is 1.32. The fourth-order valence-corrected chi connectivity index (χ4v) is 10.6. The van der Waals surface area contributed by atoms with Crippen LogP contribution < -0.4 is 0 Å². The summed E-state index contributed by atoms with van der Waals surface area (Å²) in [5.41, 5.74) is 18.7. The van der Waals surface area contributed by atoms with Crippen LogP contribution in [-0.4, -0.2) is 19.1 Å². The van der Waals surface area contributed by atoms with Crippen molar-refractivity contribution in [1.82, 2.24) is 19.1 Å². The van der Waals surface area contributed by atoms with E-state index in [1.165, 1.54) is 39.1 Å². The minimum absolute atomic E-state index is 0. The van der Waals surface area contributed by atoms with Crippen LogP contribution in [0.1, 0.15) is 111 Å². The molecular formula is C69H62IrN4O-2. The van der Waals surface area contributed by atoms with Crippen LogP contribution in [0, 0.1) is 19.0 Å². The number of hydrogen-bond acceptors (Lipinski definition) is 3. The summed E-state index contributed by atoms with van der Waals surface area (Å²) < 4.78 is 36.7. The number of furan rings is 1. The second-order valence-electron chi connectivity index (χ2n) is 20.5. The maximum Gasteiger partial charge on any atom is 0.121 e. The van der Waals surface area contributed by atoms with E-state index in [1.807, 2.05) is 78.9 Å². The van der Waals surface area contributed by atoms with E-state index in [4.69, 9.17) is 18.5 Å². The number of imidazole rings is 2. The van der Waals surface area contributed by atoms with Gasteiger partial charge < -0.3 is 13.6 Å². The van der Waals surface area contributed by atoms with Crippen molar-refractivity contribution in [2.45, 2.75) is 85.9 Å². The van der Waals surface area contributed by atoms with E-state index in [2.05, 4.69) is 180 Å². The first-order valence-corrected chi connectivity index (χ1v) is 25.9. The Morgan fingerprint density at radius 3 is 1.56 bits per heavy atom. The first kappa shape index (κ1) is 47.1. The van der Waals surface area contributed by atoms with Crippen LogP contribution in [0.4, 0.5) is 0 Å². The average molecular weight is 1160 g/mol. The summed E-state index contributed by atoms with van der Waals surface area (Å²) in [5.74, 6) is 2.85. The predicted octanol–water partition coefficient (Wildman–Crippen LogP) is 19.0. The molecule has 0 saturated heterocycles. The molecule has 3 aromatic heterocycles. The third-order valence-electron chi connectivity index (χ3n) is 14.3. The summed E-state index contributed by atoms with van der Waals surface area (Å²) in [7, 11) is 0. The molecule has 0 aliphatic heterocycles. The fraction of sp³-hybridized carbons (Fsp3) is 0.188. The molecular weight excluding hydrogens is 1090 g/mol. The molecule has 0 aliphatic carbocycles. The quantitative estimate of drug-likeness (QED) is 0.128. The number of hydrogen-bond donors (Lipinski definition) is 0. The van der Waals surface area contributed by atoms with E-state index in [9.17, 15) is 0 Å². The van der Waals surface area contributed by atoms with Gasteiger partial charge in [-0.05, 0) is 111 Å². The Bertz CT molecular complexity index is 4040. The van der Waals surface area contributed by atoms with E-state index in [-0.39, 0.29) is 37.5 Å². The first-order chi connectivity index (χ1) is 37.2. The Morgan fingerprint density at radius 2 is 1.00 bits per heavy atom. The average Bonchev–Trinajstić information content (AvgIpc) is 4.18. The van der Waals surface area contributed by atoms with Crippen molar-refractivity contribution in [2.24, 2.45) is 0 Å². The third kappa shape index (κ3) is 9.47. The normalized spacial score (nSPS) is 12.4. The summed E-state index contributed by atoms with van der Waals surface area (Å²) in [6.07, 6.45) is 0. The molecule has 75 heavy (non-hydrogen) atoms. The van der Waals surface area contributed by atoms with Crippen molar-refractivity contribution in [3.63, 3.8) is 0 Å². The molecule has 1 radical (unpaired) electrons. The Morgan fingerprint density at radius 1 is 0.480 bits per heavy atom. The third-order valence-corrected chi connectivity index (χ3v) is 14.3. The van der Waals surface area contributed by atoms with Crippen molar-refractivity contribution in [2.75, 3.05) is 0 Å². The topological polar surface area (TPSA) is 48.8 Å². The number of fused-ring (bicyclic) bond motifs is 5. The summed E-state index contributed by atoms with van der Waals surface area (Å²) in [6, 6.07) is 70.9. The van der Waals surface area contributed by atoms with Crippen molar-refractivity contribution in [3.05, 3.63) is 228 Å². The van der Waals surface area contributed by atoms with Crippen LogP contribution in [0.5, 0.6) is 0 Å². The van der Waals surface area contributed by atoms with Gasteiger partial charge in [0.15, 0.2) is 0 Å². The Kier molecular flexibility index (Phi) is 13.4. The smallest absolute Gasteiger partial charge is 0.121 e. The van der Waals surface area contributed by atoms with Gasteiger partial charge in [-0.3, -0.25) is 9.97 Å². The maximum atomic E-state index is 8.48. The molecule has 0 amide bonds. The van der Waals surface area contributed by atoms with Crippen molar-refractivity contribution in [1.29, 1.82) is 0 Å². The van der Waals surface area contributed by atoms with Crippen LogP contribution in [0.3, 0.4) is 0 Å². The maximum absolute atomic E-state index is 8.48. The van der Waals surface area contributed by atoms with Gasteiger partial charge in [0.25, 0.3) is 0 Å². The minimum atomic E-state index is -2.37. The van der Waals surface area contributed by atoms with Gasteiger partial charge in [-0.15, -0.1) is 53.6 Å². The second kappa shape index (κ2) is 21.3. The minimum Gasteiger partial charge on any atom is -0.501 e. The predicted molar refractivity (Wildman–Crippen MR) is 310 cm³/mol. The van der Waals surface area contributed by atoms with Gasteiger partial charge >= 0.3 is 0 Å². The zero-order valence-corrected chi connectivity index (χ0v) is 46.1. The molecule has 12 rings (SSSR count). The van der Waals surface area contributed by atoms with E-state index < -0.39 is 6.85 Å². The number of benzene rings is 9. The van der Waals surface area contributed by atoms with Crippen molar-refractivity contribution in [3.8, 4) is 56.4 Å². The molecule has 0 bridgehead atoms. The van der Waals surface area contributed by atoms with Crippen LogP contribution in [0.15, 0.2) is 192 Å². The molecule has 0 aliphatic rings. The zero-order valence-electron chi connectivity index (χ0n) is 46.7. The molecule has 9 aromatic carbocycles. The van der Waals surface area contributed by atoms with Crippen LogP contribution in [0.25, 0.3) is 100 Å². The standard InChI is InChI=1S/C44H37N2O.C25H25N2.Ir/c1-27(2)36-24-33(31-16-10-7-11-17-31)25-37(28(3)4)42(36)46-39-19-13-12-18-38(39)45-44(46)35-22-20-29(5)41-34-23-21-32(26-40(34)47-43(35)41)30-14-8-6-9-15-30;1-17(2)20-13-10-14-21(18(3)4)24(20)27-23-16-9-8-15-22(23)26-25(27)19-11-6-5-7-12-19;/h6-21,23-28H,1-5H3;5-11,13-18H,1-4H3;/q2*-1;/i5D3;;. The van der Waals surface area contributed by atoms with Gasteiger partial charge in [0.05, 0.1) is 39.3 Å². The monoisotopic (exact) mass is 1160 g/mol. The molecule has 0 fully saturated rings. The Balaban J connectivity index is 0.000000208. The largest absolute Gasteiger partial charge is 0.501 e. The van der Waals surface area contributed by atoms with E-state index in [0.29, 0.717) is 39.8 Å². The molecule has 0 atom stereocenters. The van der Waals surface area contributed by atoms with Gasteiger partial charge in [0.1, 0.15) is 5.58 Å². The molecule has 0 spiro atoms. The van der Waals surface area contributed by atoms with Crippen molar-refractivity contribution >= 4 is 44.0 Å². The second-order valence-corrected chi connectivity index (χ2v) is 20.5. The molecule has 5 nitrogen and oxygen atoms in total. The molecule has 12 aromatic rings. The van der Waals surface area contributed by atoms with Crippen LogP contribution in [0.2, 0.25) is 0 Å². The van der Waals surface area contributed by atoms with E-state index in [0.717, 1.165) is 55.7 Å². The Hall–Kier alpha value is -7.63. The van der Waals surface area contributed by atoms with Gasteiger partial charge in [0.2, 0.25) is 0 Å². The molecule has 0 N–H and O–H groups in total. The van der Waals surface area contributed by atoms with Crippen molar-refractivity contribution < 1.29 is 28.6 Å². The molecule has 375 valence electrons. The SMILES string of the molecule is CC(C)c1cccc(C(C)C)c1-n1c(-c2[c-]cccc2)nc2ccccc21.[2H]C([2H])([2H])c1c[c-]c(-c2nc3ccccc3n2-c2c(C(C)C)cc(-c3ccccc3)cc2C(C)C)c2oc3cc(-c4ccccc4)ccc3c12.[Ir]. The summed E-state index contributed by atoms with van der Waals surface area (Å²) >= 11 is 0. The fourth-order valence-electron chi connectivity index (χ4n) is 10.6. The summed E-state index contributed by atoms with van der Waals surface area (Å²) in [4.78, 5) is 10.2. The molecule has 6 heteroatoms. The number of aromatic nitrogens is 4.